The summed E-state index contributed by atoms with van der Waals surface area (Å²) in [6.45, 7) is 1.75. The summed E-state index contributed by atoms with van der Waals surface area (Å²) in [7, 11) is 0. The van der Waals surface area contributed by atoms with Crippen molar-refractivity contribution >= 4 is 22.8 Å². The molecule has 0 unspecified atom stereocenters. The Hall–Kier alpha value is -3.15. The number of carbonyl (C=O) groups is 2. The monoisotopic (exact) mass is 312 g/mol. The molecule has 116 valence electrons. The molecule has 0 atom stereocenters. The van der Waals surface area contributed by atoms with Gasteiger partial charge < -0.3 is 4.42 Å². The van der Waals surface area contributed by atoms with Crippen LogP contribution in [0.4, 0.5) is 4.39 Å². The SMILES string of the molecule is Cc1c(C(=O)NNC(=O)c2ccccc2F)oc2ccccc12. The van der Waals surface area contributed by atoms with Gasteiger partial charge in [-0.25, -0.2) is 4.39 Å². The minimum Gasteiger partial charge on any atom is -0.451 e. The molecule has 2 amide bonds. The molecule has 23 heavy (non-hydrogen) atoms. The van der Waals surface area contributed by atoms with Crippen LogP contribution in [0, 0.1) is 12.7 Å². The predicted molar refractivity (Wildman–Crippen MR) is 82.3 cm³/mol. The zero-order valence-electron chi connectivity index (χ0n) is 12.2. The van der Waals surface area contributed by atoms with Crippen LogP contribution in [0.15, 0.2) is 52.9 Å². The Morgan fingerprint density at radius 2 is 1.61 bits per heavy atom. The Bertz CT molecular complexity index is 902. The second-order valence-electron chi connectivity index (χ2n) is 4.94. The van der Waals surface area contributed by atoms with Gasteiger partial charge in [0.05, 0.1) is 5.56 Å². The summed E-state index contributed by atoms with van der Waals surface area (Å²) in [6, 6.07) is 12.7. The lowest BCUT2D eigenvalue weighted by Gasteiger charge is -2.07. The maximum atomic E-state index is 13.5. The van der Waals surface area contributed by atoms with Crippen LogP contribution in [0.5, 0.6) is 0 Å². The van der Waals surface area contributed by atoms with Gasteiger partial charge in [0.1, 0.15) is 11.4 Å². The molecule has 0 fully saturated rings. The number of furan rings is 1. The van der Waals surface area contributed by atoms with Crippen molar-refractivity contribution in [3.05, 3.63) is 71.2 Å². The first-order valence-corrected chi connectivity index (χ1v) is 6.91. The number of fused-ring (bicyclic) bond motifs is 1. The quantitative estimate of drug-likeness (QED) is 0.715. The highest BCUT2D eigenvalue weighted by molar-refractivity contribution is 6.01. The maximum Gasteiger partial charge on any atom is 0.305 e. The van der Waals surface area contributed by atoms with Gasteiger partial charge in [-0.05, 0) is 25.1 Å². The van der Waals surface area contributed by atoms with E-state index in [0.29, 0.717) is 11.1 Å². The molecule has 0 aliphatic rings. The van der Waals surface area contributed by atoms with Crippen LogP contribution in [-0.2, 0) is 0 Å². The molecule has 6 heteroatoms. The van der Waals surface area contributed by atoms with Crippen molar-refractivity contribution in [1.29, 1.82) is 0 Å². The molecule has 2 N–H and O–H groups in total. The van der Waals surface area contributed by atoms with E-state index in [1.165, 1.54) is 24.3 Å². The van der Waals surface area contributed by atoms with Crippen LogP contribution in [0.1, 0.15) is 26.5 Å². The van der Waals surface area contributed by atoms with Crippen molar-refractivity contribution in [3.63, 3.8) is 0 Å². The van der Waals surface area contributed by atoms with Crippen LogP contribution in [0.3, 0.4) is 0 Å². The maximum absolute atomic E-state index is 13.5. The first-order valence-electron chi connectivity index (χ1n) is 6.91. The molecule has 0 radical (unpaired) electrons. The molecule has 0 aliphatic heterocycles. The molecule has 0 saturated carbocycles. The fourth-order valence-electron chi connectivity index (χ4n) is 2.27. The largest absolute Gasteiger partial charge is 0.451 e. The number of hydrazine groups is 1. The minimum absolute atomic E-state index is 0.0973. The second-order valence-corrected chi connectivity index (χ2v) is 4.94. The van der Waals surface area contributed by atoms with E-state index in [1.807, 2.05) is 12.1 Å². The average molecular weight is 312 g/mol. The number of benzene rings is 2. The summed E-state index contributed by atoms with van der Waals surface area (Å²) in [6.07, 6.45) is 0. The number of nitrogens with one attached hydrogen (secondary N) is 2. The topological polar surface area (TPSA) is 71.3 Å². The van der Waals surface area contributed by atoms with Gasteiger partial charge in [0.25, 0.3) is 5.91 Å². The Morgan fingerprint density at radius 3 is 2.35 bits per heavy atom. The number of carbonyl (C=O) groups excluding carboxylic acids is 2. The molecular weight excluding hydrogens is 299 g/mol. The molecule has 2 aromatic carbocycles. The zero-order chi connectivity index (χ0) is 16.4. The predicted octanol–water partition coefficient (Wildman–Crippen LogP) is 2.96. The highest BCUT2D eigenvalue weighted by atomic mass is 19.1. The third kappa shape index (κ3) is 2.78. The number of aryl methyl sites for hydroxylation is 1. The lowest BCUT2D eigenvalue weighted by atomic mass is 10.1. The van der Waals surface area contributed by atoms with Crippen LogP contribution in [0.25, 0.3) is 11.0 Å². The zero-order valence-corrected chi connectivity index (χ0v) is 12.2. The molecule has 3 rings (SSSR count). The molecule has 1 heterocycles. The van der Waals surface area contributed by atoms with E-state index in [-0.39, 0.29) is 11.3 Å². The summed E-state index contributed by atoms with van der Waals surface area (Å²) < 4.78 is 19.0. The molecule has 0 aliphatic carbocycles. The molecule has 0 saturated heterocycles. The van der Waals surface area contributed by atoms with Gasteiger partial charge in [0.15, 0.2) is 5.76 Å². The Labute approximate surface area is 131 Å². The molecule has 1 aromatic heterocycles. The number of hydrogen-bond acceptors (Lipinski definition) is 3. The second kappa shape index (κ2) is 5.92. The fraction of sp³-hybridized carbons (Fsp3) is 0.0588. The summed E-state index contributed by atoms with van der Waals surface area (Å²) in [5.41, 5.74) is 5.48. The molecule has 0 bridgehead atoms. The molecule has 5 nitrogen and oxygen atoms in total. The van der Waals surface area contributed by atoms with Crippen LogP contribution in [-0.4, -0.2) is 11.8 Å². The van der Waals surface area contributed by atoms with E-state index in [1.54, 1.807) is 19.1 Å². The Balaban J connectivity index is 1.75. The number of para-hydroxylation sites is 1. The van der Waals surface area contributed by atoms with Gasteiger partial charge in [-0.1, -0.05) is 30.3 Å². The van der Waals surface area contributed by atoms with Crippen molar-refractivity contribution in [2.45, 2.75) is 6.92 Å². The smallest absolute Gasteiger partial charge is 0.305 e. The van der Waals surface area contributed by atoms with E-state index >= 15 is 0 Å². The molecular formula is C17H13FN2O3. The third-order valence-corrected chi connectivity index (χ3v) is 3.46. The van der Waals surface area contributed by atoms with Gasteiger partial charge in [-0.3, -0.25) is 20.4 Å². The minimum atomic E-state index is -0.745. The van der Waals surface area contributed by atoms with Crippen molar-refractivity contribution in [3.8, 4) is 0 Å². The van der Waals surface area contributed by atoms with Crippen LogP contribution in [0.2, 0.25) is 0 Å². The van der Waals surface area contributed by atoms with E-state index < -0.39 is 17.6 Å². The first-order chi connectivity index (χ1) is 11.1. The van der Waals surface area contributed by atoms with Crippen molar-refractivity contribution < 1.29 is 18.4 Å². The first kappa shape index (κ1) is 14.8. The third-order valence-electron chi connectivity index (χ3n) is 3.46. The Kier molecular flexibility index (Phi) is 3.80. The van der Waals surface area contributed by atoms with Crippen LogP contribution < -0.4 is 10.9 Å². The highest BCUT2D eigenvalue weighted by Gasteiger charge is 2.18. The van der Waals surface area contributed by atoms with Gasteiger partial charge in [-0.15, -0.1) is 0 Å². The molecule has 3 aromatic rings. The van der Waals surface area contributed by atoms with Gasteiger partial charge in [-0.2, -0.15) is 0 Å². The number of hydrogen-bond donors (Lipinski definition) is 2. The van der Waals surface area contributed by atoms with Gasteiger partial charge in [0.2, 0.25) is 0 Å². The number of halogens is 1. The standard InChI is InChI=1S/C17H13FN2O3/c1-10-11-6-3-5-9-14(11)23-15(10)17(22)20-19-16(21)12-7-2-4-8-13(12)18/h2-9H,1H3,(H,19,21)(H,20,22). The number of rotatable bonds is 2. The normalized spacial score (nSPS) is 10.5. The van der Waals surface area contributed by atoms with Gasteiger partial charge in [0, 0.05) is 10.9 Å². The lowest BCUT2D eigenvalue weighted by molar-refractivity contribution is 0.0829. The van der Waals surface area contributed by atoms with Crippen molar-refractivity contribution in [2.75, 3.05) is 0 Å². The van der Waals surface area contributed by atoms with Crippen molar-refractivity contribution in [1.82, 2.24) is 10.9 Å². The lowest BCUT2D eigenvalue weighted by Crippen LogP contribution is -2.42. The van der Waals surface area contributed by atoms with E-state index in [4.69, 9.17) is 4.42 Å². The number of amides is 2. The summed E-state index contributed by atoms with van der Waals surface area (Å²) in [5.74, 6) is -1.92. The summed E-state index contributed by atoms with van der Waals surface area (Å²) in [4.78, 5) is 24.0. The van der Waals surface area contributed by atoms with Crippen LogP contribution >= 0.6 is 0 Å². The summed E-state index contributed by atoms with van der Waals surface area (Å²) >= 11 is 0. The van der Waals surface area contributed by atoms with Gasteiger partial charge >= 0.3 is 5.91 Å². The fourth-order valence-corrected chi connectivity index (χ4v) is 2.27. The Morgan fingerprint density at radius 1 is 0.957 bits per heavy atom. The van der Waals surface area contributed by atoms with E-state index in [0.717, 1.165) is 5.39 Å². The molecule has 0 spiro atoms. The average Bonchev–Trinajstić information content (AvgIpc) is 2.90. The van der Waals surface area contributed by atoms with E-state index in [2.05, 4.69) is 10.9 Å². The highest BCUT2D eigenvalue weighted by Crippen LogP contribution is 2.24. The van der Waals surface area contributed by atoms with Crippen molar-refractivity contribution in [2.24, 2.45) is 0 Å². The summed E-state index contributed by atoms with van der Waals surface area (Å²) in [5, 5.41) is 0.818. The van der Waals surface area contributed by atoms with E-state index in [9.17, 15) is 14.0 Å².